The van der Waals surface area contributed by atoms with Crippen LogP contribution < -0.4 is 0 Å². The van der Waals surface area contributed by atoms with Gasteiger partial charge in [0, 0.05) is 7.11 Å². The quantitative estimate of drug-likeness (QED) is 0.776. The Bertz CT molecular complexity index is 642. The Morgan fingerprint density at radius 2 is 1.91 bits per heavy atom. The zero-order valence-electron chi connectivity index (χ0n) is 13.1. The van der Waals surface area contributed by atoms with E-state index in [1.54, 1.807) is 37.5 Å². The van der Waals surface area contributed by atoms with E-state index in [1.165, 1.54) is 0 Å². The summed E-state index contributed by atoms with van der Waals surface area (Å²) in [5, 5.41) is 0. The lowest BCUT2D eigenvalue weighted by Crippen LogP contribution is -2.65. The first-order valence-corrected chi connectivity index (χ1v) is 9.45. The molecule has 3 aliphatic rings. The topological polar surface area (TPSA) is 43.4 Å². The van der Waals surface area contributed by atoms with E-state index in [9.17, 15) is 8.42 Å². The highest BCUT2D eigenvalue weighted by Gasteiger charge is 2.64. The molecule has 0 unspecified atom stereocenters. The smallest absolute Gasteiger partial charge is 0.187 e. The summed E-state index contributed by atoms with van der Waals surface area (Å²) >= 11 is 0. The van der Waals surface area contributed by atoms with Crippen LogP contribution in [0.5, 0.6) is 0 Å². The van der Waals surface area contributed by atoms with Gasteiger partial charge >= 0.3 is 0 Å². The van der Waals surface area contributed by atoms with Crippen LogP contribution in [0.2, 0.25) is 0 Å². The van der Waals surface area contributed by atoms with Gasteiger partial charge in [0.2, 0.25) is 0 Å². The van der Waals surface area contributed by atoms with E-state index in [2.05, 4.69) is 6.58 Å². The molecule has 0 radical (unpaired) electrons. The first-order chi connectivity index (χ1) is 10.5. The molecule has 0 saturated heterocycles. The number of hydrogen-bond donors (Lipinski definition) is 0. The summed E-state index contributed by atoms with van der Waals surface area (Å²) in [4.78, 5) is 0.404. The fraction of sp³-hybridized carbons (Fsp3) is 0.556. The fourth-order valence-corrected chi connectivity index (χ4v) is 7.17. The number of ether oxygens (including phenoxy) is 1. The number of allylic oxidation sites excluding steroid dienone is 1. The lowest BCUT2D eigenvalue weighted by atomic mass is 9.60. The van der Waals surface area contributed by atoms with Gasteiger partial charge in [0.05, 0.1) is 10.5 Å². The monoisotopic (exact) mass is 320 g/mol. The maximum atomic E-state index is 13.5. The van der Waals surface area contributed by atoms with Crippen LogP contribution in [-0.2, 0) is 14.6 Å². The summed E-state index contributed by atoms with van der Waals surface area (Å²) in [6, 6.07) is 8.82. The first-order valence-electron chi connectivity index (χ1n) is 7.97. The third-order valence-corrected chi connectivity index (χ3v) is 8.42. The van der Waals surface area contributed by atoms with Crippen LogP contribution in [0.15, 0.2) is 47.9 Å². The average Bonchev–Trinajstić information content (AvgIpc) is 2.57. The van der Waals surface area contributed by atoms with Crippen LogP contribution >= 0.6 is 0 Å². The summed E-state index contributed by atoms with van der Waals surface area (Å²) in [6.07, 6.45) is 6.68. The van der Waals surface area contributed by atoms with Crippen LogP contribution in [0.25, 0.3) is 0 Å². The highest BCUT2D eigenvalue weighted by atomic mass is 32.2. The third-order valence-electron chi connectivity index (χ3n) is 5.79. The Labute approximate surface area is 133 Å². The molecule has 1 atom stereocenters. The van der Waals surface area contributed by atoms with E-state index < -0.39 is 20.2 Å². The van der Waals surface area contributed by atoms with Crippen LogP contribution in [0, 0.1) is 5.92 Å². The summed E-state index contributed by atoms with van der Waals surface area (Å²) in [6.45, 7) is 3.84. The van der Waals surface area contributed by atoms with Gasteiger partial charge in [-0.3, -0.25) is 0 Å². The molecular formula is C18H24O3S. The molecule has 3 aliphatic carbocycles. The van der Waals surface area contributed by atoms with Gasteiger partial charge in [-0.2, -0.15) is 0 Å². The fourth-order valence-electron chi connectivity index (χ4n) is 4.64. The van der Waals surface area contributed by atoms with Crippen LogP contribution in [0.3, 0.4) is 0 Å². The Morgan fingerprint density at radius 3 is 2.45 bits per heavy atom. The van der Waals surface area contributed by atoms with Crippen molar-refractivity contribution in [1.29, 1.82) is 0 Å². The van der Waals surface area contributed by atoms with E-state index in [-0.39, 0.29) is 0 Å². The minimum atomic E-state index is -3.48. The molecule has 0 N–H and O–H groups in total. The summed E-state index contributed by atoms with van der Waals surface area (Å²) in [5.74, 6) is 0.482. The van der Waals surface area contributed by atoms with E-state index in [1.807, 2.05) is 6.07 Å². The summed E-state index contributed by atoms with van der Waals surface area (Å²) in [7, 11) is -1.81. The molecule has 0 amide bonds. The minimum absolute atomic E-state index is 0.404. The maximum absolute atomic E-state index is 13.5. The molecule has 0 heterocycles. The largest absolute Gasteiger partial charge is 0.377 e. The molecule has 0 aromatic heterocycles. The predicted octanol–water partition coefficient (Wildman–Crippen LogP) is 3.75. The van der Waals surface area contributed by atoms with E-state index in [4.69, 9.17) is 4.74 Å². The van der Waals surface area contributed by atoms with Gasteiger partial charge in [0.1, 0.15) is 4.75 Å². The molecule has 3 saturated carbocycles. The Morgan fingerprint density at radius 1 is 1.27 bits per heavy atom. The van der Waals surface area contributed by atoms with Crippen molar-refractivity contribution in [2.75, 3.05) is 7.11 Å². The second-order valence-corrected chi connectivity index (χ2v) is 8.91. The van der Waals surface area contributed by atoms with Crippen molar-refractivity contribution in [2.45, 2.75) is 53.8 Å². The lowest BCUT2D eigenvalue weighted by Gasteiger charge is -2.58. The molecule has 0 spiro atoms. The van der Waals surface area contributed by atoms with E-state index in [0.717, 1.165) is 25.7 Å². The van der Waals surface area contributed by atoms with Gasteiger partial charge in [0.25, 0.3) is 0 Å². The minimum Gasteiger partial charge on any atom is -0.377 e. The van der Waals surface area contributed by atoms with Crippen molar-refractivity contribution in [3.63, 3.8) is 0 Å². The molecule has 4 rings (SSSR count). The molecule has 1 aromatic rings. The molecule has 3 fully saturated rings. The Kier molecular flexibility index (Phi) is 3.94. The maximum Gasteiger partial charge on any atom is 0.187 e. The van der Waals surface area contributed by atoms with Crippen LogP contribution in [0.1, 0.15) is 38.5 Å². The van der Waals surface area contributed by atoms with Crippen LogP contribution in [-0.4, -0.2) is 25.9 Å². The number of benzene rings is 1. The Balaban J connectivity index is 2.19. The van der Waals surface area contributed by atoms with Crippen molar-refractivity contribution in [3.05, 3.63) is 43.0 Å². The number of sulfone groups is 1. The SMILES string of the molecule is C=CC[C@@]1(S(=O)(=O)c2ccccc2)CC2CCC1(OC)CC2. The molecular weight excluding hydrogens is 296 g/mol. The predicted molar refractivity (Wildman–Crippen MR) is 87.5 cm³/mol. The molecule has 1 aromatic carbocycles. The van der Waals surface area contributed by atoms with E-state index >= 15 is 0 Å². The average molecular weight is 320 g/mol. The zero-order valence-corrected chi connectivity index (χ0v) is 13.9. The summed E-state index contributed by atoms with van der Waals surface area (Å²) in [5.41, 5.74) is -0.579. The number of fused-ring (bicyclic) bond motifs is 3. The molecule has 0 aliphatic heterocycles. The highest BCUT2D eigenvalue weighted by molar-refractivity contribution is 7.93. The second-order valence-electron chi connectivity index (χ2n) is 6.65. The number of rotatable bonds is 5. The normalized spacial score (nSPS) is 34.5. The van der Waals surface area contributed by atoms with Crippen molar-refractivity contribution in [2.24, 2.45) is 5.92 Å². The molecule has 22 heavy (non-hydrogen) atoms. The van der Waals surface area contributed by atoms with Crippen LogP contribution in [0.4, 0.5) is 0 Å². The molecule has 120 valence electrons. The van der Waals surface area contributed by atoms with E-state index in [0.29, 0.717) is 23.7 Å². The van der Waals surface area contributed by atoms with Gasteiger partial charge < -0.3 is 4.74 Å². The number of methoxy groups -OCH3 is 1. The first kappa shape index (κ1) is 15.8. The Hall–Kier alpha value is -1.13. The zero-order chi connectivity index (χ0) is 15.8. The van der Waals surface area contributed by atoms with Crippen molar-refractivity contribution in [1.82, 2.24) is 0 Å². The number of hydrogen-bond acceptors (Lipinski definition) is 3. The second kappa shape index (κ2) is 5.50. The van der Waals surface area contributed by atoms with Crippen molar-refractivity contribution >= 4 is 9.84 Å². The van der Waals surface area contributed by atoms with Crippen molar-refractivity contribution in [3.8, 4) is 0 Å². The highest BCUT2D eigenvalue weighted by Crippen LogP contribution is 2.58. The lowest BCUT2D eigenvalue weighted by molar-refractivity contribution is -0.116. The third kappa shape index (κ3) is 2.00. The van der Waals surface area contributed by atoms with Gasteiger partial charge in [-0.05, 0) is 56.6 Å². The van der Waals surface area contributed by atoms with Gasteiger partial charge in [0.15, 0.2) is 9.84 Å². The molecule has 4 heteroatoms. The standard InChI is InChI=1S/C18H24O3S/c1-3-11-18(22(19,20)16-7-5-4-6-8-16)14-15-9-12-17(18,21-2)13-10-15/h3-8,15H,1,9-14H2,2H3/t15?,17?,18-/m1/s1. The van der Waals surface area contributed by atoms with Gasteiger partial charge in [-0.1, -0.05) is 24.3 Å². The van der Waals surface area contributed by atoms with Gasteiger partial charge in [-0.15, -0.1) is 6.58 Å². The summed E-state index contributed by atoms with van der Waals surface area (Å²) < 4.78 is 32.1. The molecule has 2 bridgehead atoms. The molecule has 3 nitrogen and oxygen atoms in total. The van der Waals surface area contributed by atoms with Gasteiger partial charge in [-0.25, -0.2) is 8.42 Å². The van der Waals surface area contributed by atoms with Crippen molar-refractivity contribution < 1.29 is 13.2 Å².